The summed E-state index contributed by atoms with van der Waals surface area (Å²) in [5.41, 5.74) is 3.07. The zero-order valence-corrected chi connectivity index (χ0v) is 17.3. The molecule has 0 radical (unpaired) electrons. The number of para-hydroxylation sites is 1. The van der Waals surface area contributed by atoms with Crippen LogP contribution in [0.15, 0.2) is 46.9 Å². The number of benzene rings is 2. The Balaban J connectivity index is 1.74. The van der Waals surface area contributed by atoms with Crippen LogP contribution in [-0.2, 0) is 6.54 Å². The lowest BCUT2D eigenvalue weighted by Gasteiger charge is -2.22. The van der Waals surface area contributed by atoms with E-state index in [1.165, 1.54) is 0 Å². The molecule has 0 aromatic heterocycles. The summed E-state index contributed by atoms with van der Waals surface area (Å²) in [6.07, 6.45) is 2.07. The fourth-order valence-electron chi connectivity index (χ4n) is 3.24. The van der Waals surface area contributed by atoms with Crippen LogP contribution in [0.2, 0.25) is 0 Å². The Morgan fingerprint density at radius 3 is 2.44 bits per heavy atom. The van der Waals surface area contributed by atoms with Crippen LogP contribution in [0.1, 0.15) is 34.3 Å². The number of halogens is 1. The molecule has 3 rings (SSSR count). The predicted molar refractivity (Wildman–Crippen MR) is 111 cm³/mol. The van der Waals surface area contributed by atoms with Gasteiger partial charge in [-0.2, -0.15) is 0 Å². The van der Waals surface area contributed by atoms with E-state index in [9.17, 15) is 9.59 Å². The lowest BCUT2D eigenvalue weighted by molar-refractivity contribution is 0.0793. The van der Waals surface area contributed by atoms with Crippen LogP contribution < -0.4 is 5.32 Å². The second-order valence-corrected chi connectivity index (χ2v) is 7.83. The summed E-state index contributed by atoms with van der Waals surface area (Å²) in [4.78, 5) is 29.0. The van der Waals surface area contributed by atoms with Crippen molar-refractivity contribution in [1.29, 1.82) is 0 Å². The van der Waals surface area contributed by atoms with Gasteiger partial charge in [-0.05, 0) is 49.1 Å². The Morgan fingerprint density at radius 1 is 1.11 bits per heavy atom. The van der Waals surface area contributed by atoms with Crippen LogP contribution in [0.4, 0.5) is 10.5 Å². The molecule has 0 aliphatic carbocycles. The molecular weight excluding hydrogens is 406 g/mol. The van der Waals surface area contributed by atoms with Crippen molar-refractivity contribution < 1.29 is 9.59 Å². The smallest absolute Gasteiger partial charge is 0.321 e. The number of rotatable bonds is 4. The number of hydrogen-bond donors (Lipinski definition) is 1. The highest BCUT2D eigenvalue weighted by Gasteiger charge is 2.23. The molecule has 0 spiro atoms. The first-order valence-corrected chi connectivity index (χ1v) is 9.90. The van der Waals surface area contributed by atoms with E-state index in [1.807, 2.05) is 48.2 Å². The van der Waals surface area contributed by atoms with Gasteiger partial charge >= 0.3 is 6.03 Å². The molecule has 2 aromatic rings. The number of nitrogens with one attached hydrogen (secondary N) is 1. The molecule has 142 valence electrons. The zero-order valence-electron chi connectivity index (χ0n) is 15.7. The van der Waals surface area contributed by atoms with Crippen LogP contribution in [0.5, 0.6) is 0 Å². The molecule has 0 saturated carbocycles. The van der Waals surface area contributed by atoms with E-state index in [1.54, 1.807) is 18.0 Å². The number of urea groups is 1. The van der Waals surface area contributed by atoms with Gasteiger partial charge in [0.1, 0.15) is 0 Å². The van der Waals surface area contributed by atoms with E-state index in [-0.39, 0.29) is 11.9 Å². The van der Waals surface area contributed by atoms with E-state index < -0.39 is 0 Å². The summed E-state index contributed by atoms with van der Waals surface area (Å²) in [6, 6.07) is 13.2. The molecule has 1 aliphatic heterocycles. The van der Waals surface area contributed by atoms with Gasteiger partial charge < -0.3 is 15.1 Å². The Hall–Kier alpha value is -2.34. The third-order valence-corrected chi connectivity index (χ3v) is 5.34. The second-order valence-electron chi connectivity index (χ2n) is 6.91. The summed E-state index contributed by atoms with van der Waals surface area (Å²) >= 11 is 3.41. The lowest BCUT2D eigenvalue weighted by atomic mass is 10.1. The first-order chi connectivity index (χ1) is 13.0. The fraction of sp³-hybridized carbons (Fsp3) is 0.333. The van der Waals surface area contributed by atoms with Gasteiger partial charge in [0, 0.05) is 31.2 Å². The van der Waals surface area contributed by atoms with Gasteiger partial charge in [-0.1, -0.05) is 40.2 Å². The molecule has 0 unspecified atom stereocenters. The highest BCUT2D eigenvalue weighted by Crippen LogP contribution is 2.24. The van der Waals surface area contributed by atoms with Crippen molar-refractivity contribution in [2.75, 3.05) is 25.5 Å². The summed E-state index contributed by atoms with van der Waals surface area (Å²) < 4.78 is 1.00. The van der Waals surface area contributed by atoms with Crippen molar-refractivity contribution in [1.82, 2.24) is 9.80 Å². The number of hydrogen-bond acceptors (Lipinski definition) is 2. The van der Waals surface area contributed by atoms with E-state index in [4.69, 9.17) is 0 Å². The summed E-state index contributed by atoms with van der Waals surface area (Å²) in [6.45, 7) is 3.96. The number of carbonyl (C=O) groups excluding carboxylic acids is 2. The summed E-state index contributed by atoms with van der Waals surface area (Å²) in [5.74, 6) is -0.0120. The van der Waals surface area contributed by atoms with Gasteiger partial charge in [0.05, 0.1) is 11.3 Å². The maximum Gasteiger partial charge on any atom is 0.321 e. The van der Waals surface area contributed by atoms with E-state index in [0.29, 0.717) is 17.8 Å². The van der Waals surface area contributed by atoms with Crippen molar-refractivity contribution in [3.05, 3.63) is 63.6 Å². The molecule has 1 saturated heterocycles. The van der Waals surface area contributed by atoms with Crippen molar-refractivity contribution in [2.45, 2.75) is 26.3 Å². The predicted octanol–water partition coefficient (Wildman–Crippen LogP) is 4.66. The molecule has 5 nitrogen and oxygen atoms in total. The standard InChI is InChI=1S/C21H24BrN3O2/c1-15-6-5-7-18(20(26)25-12-3-4-13-25)19(15)23-21(27)24(2)14-16-8-10-17(22)11-9-16/h5-11H,3-4,12-14H2,1-2H3,(H,23,27). The van der Waals surface area contributed by atoms with Crippen molar-refractivity contribution in [3.63, 3.8) is 0 Å². The molecule has 0 bridgehead atoms. The largest absolute Gasteiger partial charge is 0.339 e. The first-order valence-electron chi connectivity index (χ1n) is 9.11. The van der Waals surface area contributed by atoms with E-state index in [0.717, 1.165) is 41.5 Å². The SMILES string of the molecule is Cc1cccc(C(=O)N2CCCC2)c1NC(=O)N(C)Cc1ccc(Br)cc1. The van der Waals surface area contributed by atoms with Crippen LogP contribution >= 0.6 is 15.9 Å². The monoisotopic (exact) mass is 429 g/mol. The van der Waals surface area contributed by atoms with Crippen molar-refractivity contribution >= 4 is 33.6 Å². The Labute approximate surface area is 168 Å². The highest BCUT2D eigenvalue weighted by molar-refractivity contribution is 9.10. The maximum atomic E-state index is 12.9. The molecule has 3 amide bonds. The van der Waals surface area contributed by atoms with E-state index >= 15 is 0 Å². The average molecular weight is 430 g/mol. The molecule has 6 heteroatoms. The topological polar surface area (TPSA) is 52.7 Å². The average Bonchev–Trinajstić information content (AvgIpc) is 3.19. The number of aryl methyl sites for hydroxylation is 1. The Bertz CT molecular complexity index is 830. The minimum absolute atomic E-state index is 0.0120. The molecular formula is C21H24BrN3O2. The maximum absolute atomic E-state index is 12.9. The summed E-state index contributed by atoms with van der Waals surface area (Å²) in [5, 5.41) is 2.94. The van der Waals surface area contributed by atoms with Gasteiger partial charge in [-0.15, -0.1) is 0 Å². The third kappa shape index (κ3) is 4.69. The molecule has 27 heavy (non-hydrogen) atoms. The fourth-order valence-corrected chi connectivity index (χ4v) is 3.50. The Kier molecular flexibility index (Phi) is 6.16. The highest BCUT2D eigenvalue weighted by atomic mass is 79.9. The number of amides is 3. The number of anilines is 1. The van der Waals surface area contributed by atoms with Gasteiger partial charge in [-0.25, -0.2) is 4.79 Å². The lowest BCUT2D eigenvalue weighted by Crippen LogP contribution is -2.33. The molecule has 1 heterocycles. The molecule has 1 aliphatic rings. The minimum atomic E-state index is -0.234. The first kappa shape index (κ1) is 19.4. The van der Waals surface area contributed by atoms with Crippen LogP contribution in [-0.4, -0.2) is 41.9 Å². The van der Waals surface area contributed by atoms with Gasteiger partial charge in [0.25, 0.3) is 5.91 Å². The second kappa shape index (κ2) is 8.57. The van der Waals surface area contributed by atoms with Crippen LogP contribution in [0.3, 0.4) is 0 Å². The van der Waals surface area contributed by atoms with Crippen LogP contribution in [0.25, 0.3) is 0 Å². The normalized spacial score (nSPS) is 13.5. The molecule has 2 aromatic carbocycles. The van der Waals surface area contributed by atoms with Gasteiger partial charge in [0.15, 0.2) is 0 Å². The van der Waals surface area contributed by atoms with Gasteiger partial charge in [0.2, 0.25) is 0 Å². The van der Waals surface area contributed by atoms with Crippen molar-refractivity contribution in [2.24, 2.45) is 0 Å². The van der Waals surface area contributed by atoms with Gasteiger partial charge in [-0.3, -0.25) is 4.79 Å². The number of carbonyl (C=O) groups is 2. The number of nitrogens with zero attached hydrogens (tertiary/aromatic N) is 2. The molecule has 1 N–H and O–H groups in total. The zero-order chi connectivity index (χ0) is 19.4. The van der Waals surface area contributed by atoms with Crippen LogP contribution in [0, 0.1) is 6.92 Å². The van der Waals surface area contributed by atoms with E-state index in [2.05, 4.69) is 21.2 Å². The third-order valence-electron chi connectivity index (χ3n) is 4.81. The number of likely N-dealkylation sites (tertiary alicyclic amines) is 1. The molecule has 1 fully saturated rings. The Morgan fingerprint density at radius 2 is 1.78 bits per heavy atom. The summed E-state index contributed by atoms with van der Waals surface area (Å²) in [7, 11) is 1.75. The quantitative estimate of drug-likeness (QED) is 0.768. The van der Waals surface area contributed by atoms with Crippen molar-refractivity contribution in [3.8, 4) is 0 Å². The minimum Gasteiger partial charge on any atom is -0.339 e. The molecule has 0 atom stereocenters.